The van der Waals surface area contributed by atoms with Gasteiger partial charge >= 0.3 is 0 Å². The SMILES string of the molecule is c1ccc(-c2ccc3c(c2)-c2ccccc2C32c3cccc4c5cccc6ccc7ccc2c(c34)c7c65)nc1. The van der Waals surface area contributed by atoms with Crippen molar-refractivity contribution in [3.63, 3.8) is 0 Å². The van der Waals surface area contributed by atoms with Crippen molar-refractivity contribution in [2.75, 3.05) is 0 Å². The number of hydrogen-bond donors (Lipinski definition) is 0. The molecular weight excluding hydrogens is 470 g/mol. The molecule has 0 fully saturated rings. The van der Waals surface area contributed by atoms with E-state index < -0.39 is 0 Å². The molecule has 0 saturated heterocycles. The minimum absolute atomic E-state index is 0.340. The number of hydrogen-bond acceptors (Lipinski definition) is 1. The minimum Gasteiger partial charge on any atom is -0.256 e. The molecule has 0 aliphatic heterocycles. The molecule has 0 N–H and O–H groups in total. The minimum atomic E-state index is -0.340. The molecule has 1 aromatic heterocycles. The second kappa shape index (κ2) is 6.70. The number of pyridine rings is 1. The van der Waals surface area contributed by atoms with Crippen LogP contribution in [0.3, 0.4) is 0 Å². The van der Waals surface area contributed by atoms with E-state index in [-0.39, 0.29) is 5.41 Å². The van der Waals surface area contributed by atoms with Crippen molar-refractivity contribution in [3.8, 4) is 22.4 Å². The van der Waals surface area contributed by atoms with E-state index in [2.05, 4.69) is 120 Å². The Bertz CT molecular complexity index is 2330. The van der Waals surface area contributed by atoms with Gasteiger partial charge in [-0.2, -0.15) is 0 Å². The molecule has 1 nitrogen and oxygen atoms in total. The predicted molar refractivity (Wildman–Crippen MR) is 162 cm³/mol. The molecule has 10 rings (SSSR count). The summed E-state index contributed by atoms with van der Waals surface area (Å²) in [7, 11) is 0. The molecule has 2 aliphatic carbocycles. The fourth-order valence-corrected chi connectivity index (χ4v) is 8.05. The second-order valence-electron chi connectivity index (χ2n) is 11.1. The molecule has 0 bridgehead atoms. The summed E-state index contributed by atoms with van der Waals surface area (Å²) < 4.78 is 0. The summed E-state index contributed by atoms with van der Waals surface area (Å²) in [6, 6.07) is 45.3. The van der Waals surface area contributed by atoms with Crippen LogP contribution in [0.5, 0.6) is 0 Å². The summed E-state index contributed by atoms with van der Waals surface area (Å²) in [4.78, 5) is 4.66. The highest BCUT2D eigenvalue weighted by Crippen LogP contribution is 2.63. The lowest BCUT2D eigenvalue weighted by Gasteiger charge is -2.31. The third-order valence-corrected chi connectivity index (χ3v) is 9.44. The maximum atomic E-state index is 4.66. The van der Waals surface area contributed by atoms with Gasteiger partial charge in [0, 0.05) is 11.8 Å². The number of nitrogens with zero attached hydrogens (tertiary/aromatic N) is 1. The highest BCUT2D eigenvalue weighted by Gasteiger charge is 2.51. The van der Waals surface area contributed by atoms with E-state index in [0.717, 1.165) is 11.3 Å². The first-order valence-electron chi connectivity index (χ1n) is 13.6. The first-order valence-corrected chi connectivity index (χ1v) is 13.6. The lowest BCUT2D eigenvalue weighted by atomic mass is 9.70. The molecule has 0 saturated carbocycles. The Labute approximate surface area is 225 Å². The zero-order valence-corrected chi connectivity index (χ0v) is 21.1. The third-order valence-electron chi connectivity index (χ3n) is 9.44. The smallest absolute Gasteiger partial charge is 0.0726 e. The number of benzene rings is 7. The molecule has 7 aromatic carbocycles. The fourth-order valence-electron chi connectivity index (χ4n) is 8.05. The van der Waals surface area contributed by atoms with Crippen molar-refractivity contribution in [2.24, 2.45) is 0 Å². The molecule has 1 spiro atoms. The van der Waals surface area contributed by atoms with Crippen molar-refractivity contribution >= 4 is 43.1 Å². The number of aromatic nitrogens is 1. The van der Waals surface area contributed by atoms with Gasteiger partial charge in [-0.3, -0.25) is 4.98 Å². The van der Waals surface area contributed by atoms with Crippen molar-refractivity contribution in [2.45, 2.75) is 5.41 Å². The van der Waals surface area contributed by atoms with Crippen LogP contribution in [0.1, 0.15) is 22.3 Å². The van der Waals surface area contributed by atoms with E-state index in [1.165, 1.54) is 76.5 Å². The topological polar surface area (TPSA) is 12.9 Å². The van der Waals surface area contributed by atoms with Crippen LogP contribution >= 0.6 is 0 Å². The van der Waals surface area contributed by atoms with Crippen LogP contribution in [0.4, 0.5) is 0 Å². The Kier molecular flexibility index (Phi) is 3.44. The molecule has 1 unspecified atom stereocenters. The summed E-state index contributed by atoms with van der Waals surface area (Å²) in [5.41, 5.74) is 10.0. The van der Waals surface area contributed by atoms with Gasteiger partial charge < -0.3 is 0 Å². The summed E-state index contributed by atoms with van der Waals surface area (Å²) in [5.74, 6) is 0. The van der Waals surface area contributed by atoms with Gasteiger partial charge in [0.1, 0.15) is 0 Å². The fraction of sp³-hybridized carbons (Fsp3) is 0.0263. The molecule has 0 radical (unpaired) electrons. The zero-order chi connectivity index (χ0) is 25.3. The molecular formula is C38H21N. The highest BCUT2D eigenvalue weighted by atomic mass is 14.7. The van der Waals surface area contributed by atoms with E-state index in [4.69, 9.17) is 0 Å². The monoisotopic (exact) mass is 491 g/mol. The first kappa shape index (κ1) is 20.0. The van der Waals surface area contributed by atoms with Crippen LogP contribution in [-0.2, 0) is 5.41 Å². The van der Waals surface area contributed by atoms with E-state index in [0.29, 0.717) is 0 Å². The van der Waals surface area contributed by atoms with E-state index in [9.17, 15) is 0 Å². The Morgan fingerprint density at radius 2 is 1.13 bits per heavy atom. The molecule has 0 amide bonds. The van der Waals surface area contributed by atoms with E-state index in [1.54, 1.807) is 0 Å². The predicted octanol–water partition coefficient (Wildman–Crippen LogP) is 9.48. The summed E-state index contributed by atoms with van der Waals surface area (Å²) in [6.07, 6.45) is 1.88. The summed E-state index contributed by atoms with van der Waals surface area (Å²) in [5, 5.41) is 11.0. The maximum absolute atomic E-state index is 4.66. The molecule has 39 heavy (non-hydrogen) atoms. The quantitative estimate of drug-likeness (QED) is 0.165. The zero-order valence-electron chi connectivity index (χ0n) is 21.1. The van der Waals surface area contributed by atoms with Gasteiger partial charge in [-0.05, 0) is 94.7 Å². The lowest BCUT2D eigenvalue weighted by Crippen LogP contribution is -2.26. The van der Waals surface area contributed by atoms with Gasteiger partial charge in [-0.15, -0.1) is 0 Å². The second-order valence-corrected chi connectivity index (χ2v) is 11.1. The first-order chi connectivity index (χ1) is 19.4. The normalized spacial score (nSPS) is 16.8. The average Bonchev–Trinajstić information content (AvgIpc) is 3.48. The maximum Gasteiger partial charge on any atom is 0.0726 e. The van der Waals surface area contributed by atoms with Gasteiger partial charge in [0.2, 0.25) is 0 Å². The van der Waals surface area contributed by atoms with Gasteiger partial charge in [0.25, 0.3) is 0 Å². The van der Waals surface area contributed by atoms with Crippen molar-refractivity contribution in [1.82, 2.24) is 4.98 Å². The lowest BCUT2D eigenvalue weighted by molar-refractivity contribution is 0.797. The summed E-state index contributed by atoms with van der Waals surface area (Å²) >= 11 is 0. The van der Waals surface area contributed by atoms with Crippen LogP contribution in [0, 0.1) is 0 Å². The van der Waals surface area contributed by atoms with Crippen LogP contribution < -0.4 is 0 Å². The Hall–Kier alpha value is -5.01. The molecule has 1 heteroatoms. The standard InChI is InChI=1S/C38H21N/c1-2-11-29-25(8-1)28-21-24(33-13-3-4-20-39-33)17-18-30(28)38(29)31-12-6-10-27-26-9-5-7-22-14-15-23-16-19-32(38)37(36(27)31)35(23)34(22)26/h1-21H. The molecule has 1 heterocycles. The van der Waals surface area contributed by atoms with Gasteiger partial charge in [-0.1, -0.05) is 103 Å². The number of rotatable bonds is 1. The largest absolute Gasteiger partial charge is 0.256 e. The Morgan fingerprint density at radius 1 is 0.436 bits per heavy atom. The Balaban J connectivity index is 1.43. The van der Waals surface area contributed by atoms with Crippen LogP contribution in [0.2, 0.25) is 0 Å². The van der Waals surface area contributed by atoms with Crippen molar-refractivity contribution < 1.29 is 0 Å². The molecule has 2 aliphatic rings. The van der Waals surface area contributed by atoms with E-state index >= 15 is 0 Å². The van der Waals surface area contributed by atoms with Gasteiger partial charge in [-0.25, -0.2) is 0 Å². The summed E-state index contributed by atoms with van der Waals surface area (Å²) in [6.45, 7) is 0. The molecule has 178 valence electrons. The Morgan fingerprint density at radius 3 is 2.03 bits per heavy atom. The number of fused-ring (bicyclic) bond motifs is 8. The van der Waals surface area contributed by atoms with Gasteiger partial charge in [0.05, 0.1) is 11.1 Å². The van der Waals surface area contributed by atoms with Gasteiger partial charge in [0.15, 0.2) is 0 Å². The van der Waals surface area contributed by atoms with Crippen molar-refractivity contribution in [3.05, 3.63) is 150 Å². The van der Waals surface area contributed by atoms with E-state index in [1.807, 2.05) is 12.3 Å². The van der Waals surface area contributed by atoms with Crippen LogP contribution in [0.25, 0.3) is 65.5 Å². The third kappa shape index (κ3) is 2.16. The average molecular weight is 492 g/mol. The molecule has 1 atom stereocenters. The molecule has 8 aromatic rings. The highest BCUT2D eigenvalue weighted by molar-refractivity contribution is 6.36. The van der Waals surface area contributed by atoms with Crippen molar-refractivity contribution in [1.29, 1.82) is 0 Å². The van der Waals surface area contributed by atoms with Crippen LogP contribution in [0.15, 0.2) is 128 Å². The van der Waals surface area contributed by atoms with Crippen LogP contribution in [-0.4, -0.2) is 4.98 Å².